The molecule has 0 saturated heterocycles. The Bertz CT molecular complexity index is 1150. The van der Waals surface area contributed by atoms with Gasteiger partial charge in [-0.3, -0.25) is 4.79 Å². The van der Waals surface area contributed by atoms with Gasteiger partial charge in [-0.25, -0.2) is 13.2 Å². The summed E-state index contributed by atoms with van der Waals surface area (Å²) in [6, 6.07) is 8.08. The SMILES string of the molecule is O=C(CC1CC(c2c(-c3ccc(F)cc3)[nH]c3c(F)cc(F)cc23)C1)NC1(CO)CC1. The van der Waals surface area contributed by atoms with Gasteiger partial charge in [-0.05, 0) is 79.0 Å². The van der Waals surface area contributed by atoms with E-state index in [0.29, 0.717) is 23.1 Å². The van der Waals surface area contributed by atoms with Crippen LogP contribution in [0.5, 0.6) is 0 Å². The van der Waals surface area contributed by atoms with Crippen molar-refractivity contribution in [3.05, 3.63) is 59.4 Å². The summed E-state index contributed by atoms with van der Waals surface area (Å²) < 4.78 is 41.9. The van der Waals surface area contributed by atoms with Crippen molar-refractivity contribution >= 4 is 16.8 Å². The van der Waals surface area contributed by atoms with Crippen LogP contribution in [0.4, 0.5) is 13.2 Å². The van der Waals surface area contributed by atoms with Crippen molar-refractivity contribution in [1.29, 1.82) is 0 Å². The van der Waals surface area contributed by atoms with Crippen LogP contribution in [-0.4, -0.2) is 28.1 Å². The fourth-order valence-electron chi connectivity index (χ4n) is 4.73. The summed E-state index contributed by atoms with van der Waals surface area (Å²) >= 11 is 0. The van der Waals surface area contributed by atoms with Gasteiger partial charge in [-0.15, -0.1) is 0 Å². The molecule has 2 aromatic carbocycles. The highest BCUT2D eigenvalue weighted by Crippen LogP contribution is 2.49. The van der Waals surface area contributed by atoms with Crippen LogP contribution >= 0.6 is 0 Å². The number of H-pyrrole nitrogens is 1. The highest BCUT2D eigenvalue weighted by Gasteiger charge is 2.44. The standard InChI is InChI=1S/C24H23F3N2O2/c25-16-3-1-14(2-4-16)22-21(18-10-17(26)11-19(27)23(18)28-22)15-7-13(8-15)9-20(31)29-24(12-30)5-6-24/h1-4,10-11,13,15,28,30H,5-9,12H2,(H,29,31). The summed E-state index contributed by atoms with van der Waals surface area (Å²) in [5.41, 5.74) is 1.97. The quantitative estimate of drug-likeness (QED) is 0.529. The molecule has 0 unspecified atom stereocenters. The molecule has 3 aromatic rings. The average Bonchev–Trinajstić information content (AvgIpc) is 3.37. The minimum absolute atomic E-state index is 0.0421. The van der Waals surface area contributed by atoms with Crippen molar-refractivity contribution in [3.8, 4) is 11.3 Å². The molecule has 0 aliphatic heterocycles. The molecule has 2 fully saturated rings. The number of carbonyl (C=O) groups excluding carboxylic acids is 1. The highest BCUT2D eigenvalue weighted by molar-refractivity contribution is 5.92. The Labute approximate surface area is 177 Å². The van der Waals surface area contributed by atoms with E-state index in [1.54, 1.807) is 12.1 Å². The van der Waals surface area contributed by atoms with Crippen LogP contribution in [0.3, 0.4) is 0 Å². The number of benzene rings is 2. The number of rotatable bonds is 6. The summed E-state index contributed by atoms with van der Waals surface area (Å²) in [6.07, 6.45) is 3.42. The number of hydrogen-bond acceptors (Lipinski definition) is 2. The van der Waals surface area contributed by atoms with Crippen molar-refractivity contribution in [2.75, 3.05) is 6.61 Å². The second-order valence-corrected chi connectivity index (χ2v) is 8.96. The molecule has 1 heterocycles. The van der Waals surface area contributed by atoms with Crippen molar-refractivity contribution in [2.24, 2.45) is 5.92 Å². The Kier molecular flexibility index (Phi) is 4.81. The van der Waals surface area contributed by atoms with Gasteiger partial charge in [-0.1, -0.05) is 0 Å². The molecular weight excluding hydrogens is 405 g/mol. The van der Waals surface area contributed by atoms with E-state index in [1.165, 1.54) is 18.2 Å². The number of amides is 1. The van der Waals surface area contributed by atoms with E-state index < -0.39 is 17.2 Å². The Balaban J connectivity index is 1.41. The zero-order valence-electron chi connectivity index (χ0n) is 16.9. The first kappa shape index (κ1) is 20.1. The lowest BCUT2D eigenvalue weighted by Gasteiger charge is -2.36. The maximum atomic E-state index is 14.4. The molecule has 2 aliphatic rings. The van der Waals surface area contributed by atoms with Crippen LogP contribution in [-0.2, 0) is 4.79 Å². The zero-order valence-corrected chi connectivity index (χ0v) is 16.9. The molecule has 7 heteroatoms. The lowest BCUT2D eigenvalue weighted by molar-refractivity contribution is -0.124. The van der Waals surface area contributed by atoms with Gasteiger partial charge in [0.2, 0.25) is 5.91 Å². The second kappa shape index (κ2) is 7.41. The minimum Gasteiger partial charge on any atom is -0.394 e. The van der Waals surface area contributed by atoms with Crippen LogP contribution in [0, 0.1) is 23.4 Å². The smallest absolute Gasteiger partial charge is 0.220 e. The van der Waals surface area contributed by atoms with Crippen LogP contribution in [0.15, 0.2) is 36.4 Å². The number of aliphatic hydroxyl groups excluding tert-OH is 1. The summed E-state index contributed by atoms with van der Waals surface area (Å²) in [5.74, 6) is -1.54. The number of aromatic amines is 1. The van der Waals surface area contributed by atoms with E-state index >= 15 is 0 Å². The van der Waals surface area contributed by atoms with Gasteiger partial charge < -0.3 is 15.4 Å². The molecule has 4 nitrogen and oxygen atoms in total. The average molecular weight is 428 g/mol. The lowest BCUT2D eigenvalue weighted by Crippen LogP contribution is -2.41. The normalized spacial score (nSPS) is 21.7. The molecule has 5 rings (SSSR count). The third-order valence-corrected chi connectivity index (χ3v) is 6.68. The van der Waals surface area contributed by atoms with Gasteiger partial charge in [-0.2, -0.15) is 0 Å². The summed E-state index contributed by atoms with van der Waals surface area (Å²) in [4.78, 5) is 15.4. The lowest BCUT2D eigenvalue weighted by atomic mass is 9.69. The van der Waals surface area contributed by atoms with Crippen molar-refractivity contribution in [1.82, 2.24) is 10.3 Å². The Morgan fingerprint density at radius 3 is 2.45 bits per heavy atom. The number of fused-ring (bicyclic) bond motifs is 1. The number of halogens is 3. The monoisotopic (exact) mass is 428 g/mol. The summed E-state index contributed by atoms with van der Waals surface area (Å²) in [6.45, 7) is -0.0421. The van der Waals surface area contributed by atoms with E-state index in [0.717, 1.165) is 37.3 Å². The molecular formula is C24H23F3N2O2. The molecule has 162 valence electrons. The van der Waals surface area contributed by atoms with Crippen LogP contribution in [0.25, 0.3) is 22.2 Å². The number of aromatic nitrogens is 1. The maximum absolute atomic E-state index is 14.4. The molecule has 0 atom stereocenters. The number of nitrogens with one attached hydrogen (secondary N) is 2. The molecule has 0 bridgehead atoms. The first-order valence-corrected chi connectivity index (χ1v) is 10.6. The Hall–Kier alpha value is -2.80. The van der Waals surface area contributed by atoms with Gasteiger partial charge in [0.15, 0.2) is 0 Å². The van der Waals surface area contributed by atoms with Crippen LogP contribution in [0.2, 0.25) is 0 Å². The second-order valence-electron chi connectivity index (χ2n) is 8.96. The van der Waals surface area contributed by atoms with E-state index in [9.17, 15) is 23.1 Å². The molecule has 1 amide bonds. The van der Waals surface area contributed by atoms with Crippen molar-refractivity contribution < 1.29 is 23.1 Å². The third kappa shape index (κ3) is 3.71. The first-order valence-electron chi connectivity index (χ1n) is 10.6. The van der Waals surface area contributed by atoms with Gasteiger partial charge in [0.05, 0.1) is 23.4 Å². The zero-order chi connectivity index (χ0) is 21.8. The molecule has 2 aliphatic carbocycles. The van der Waals surface area contributed by atoms with Crippen LogP contribution in [0.1, 0.15) is 43.6 Å². The topological polar surface area (TPSA) is 65.1 Å². The van der Waals surface area contributed by atoms with E-state index in [-0.39, 0.29) is 35.7 Å². The van der Waals surface area contributed by atoms with Crippen molar-refractivity contribution in [3.63, 3.8) is 0 Å². The van der Waals surface area contributed by atoms with E-state index in [2.05, 4.69) is 10.3 Å². The highest BCUT2D eigenvalue weighted by atomic mass is 19.1. The molecule has 2 saturated carbocycles. The van der Waals surface area contributed by atoms with E-state index in [4.69, 9.17) is 0 Å². The molecule has 0 spiro atoms. The third-order valence-electron chi connectivity index (χ3n) is 6.68. The van der Waals surface area contributed by atoms with Gasteiger partial charge >= 0.3 is 0 Å². The Morgan fingerprint density at radius 2 is 1.81 bits per heavy atom. The number of carbonyl (C=O) groups is 1. The predicted molar refractivity (Wildman–Crippen MR) is 111 cm³/mol. The van der Waals surface area contributed by atoms with Crippen LogP contribution < -0.4 is 5.32 Å². The largest absolute Gasteiger partial charge is 0.394 e. The fraction of sp³-hybridized carbons (Fsp3) is 0.375. The van der Waals surface area contributed by atoms with Crippen molar-refractivity contribution in [2.45, 2.75) is 43.6 Å². The predicted octanol–water partition coefficient (Wildman–Crippen LogP) is 4.78. The first-order chi connectivity index (χ1) is 14.9. The van der Waals surface area contributed by atoms with Gasteiger partial charge in [0.25, 0.3) is 0 Å². The fourth-order valence-corrected chi connectivity index (χ4v) is 4.73. The minimum atomic E-state index is -0.668. The Morgan fingerprint density at radius 1 is 1.10 bits per heavy atom. The molecule has 1 aromatic heterocycles. The number of aliphatic hydroxyl groups is 1. The molecule has 31 heavy (non-hydrogen) atoms. The summed E-state index contributed by atoms with van der Waals surface area (Å²) in [5, 5.41) is 12.8. The number of hydrogen-bond donors (Lipinski definition) is 3. The van der Waals surface area contributed by atoms with Gasteiger partial charge in [0.1, 0.15) is 17.5 Å². The van der Waals surface area contributed by atoms with E-state index in [1.807, 2.05) is 0 Å². The maximum Gasteiger partial charge on any atom is 0.220 e. The molecule has 3 N–H and O–H groups in total. The van der Waals surface area contributed by atoms with Gasteiger partial charge in [0, 0.05) is 17.9 Å². The molecule has 0 radical (unpaired) electrons. The summed E-state index contributed by atoms with van der Waals surface area (Å²) in [7, 11) is 0.